The van der Waals surface area contributed by atoms with Crippen molar-refractivity contribution in [2.75, 3.05) is 6.54 Å². The zero-order valence-corrected chi connectivity index (χ0v) is 17.8. The number of aromatic amines is 1. The van der Waals surface area contributed by atoms with Crippen LogP contribution in [0.15, 0.2) is 18.2 Å². The first-order chi connectivity index (χ1) is 14.8. The fourth-order valence-corrected chi connectivity index (χ4v) is 4.65. The van der Waals surface area contributed by atoms with E-state index in [0.29, 0.717) is 6.04 Å². The van der Waals surface area contributed by atoms with Crippen LogP contribution in [0.1, 0.15) is 61.4 Å². The summed E-state index contributed by atoms with van der Waals surface area (Å²) < 4.78 is 0. The number of fused-ring (bicyclic) bond motifs is 3. The number of aliphatic hydroxyl groups excluding tert-OH is 2. The lowest BCUT2D eigenvalue weighted by Gasteiger charge is -2.30. The van der Waals surface area contributed by atoms with E-state index in [2.05, 4.69) is 35.4 Å². The van der Waals surface area contributed by atoms with Crippen molar-refractivity contribution < 1.29 is 30.0 Å². The number of rotatable bonds is 5. The molecule has 0 amide bonds. The second-order valence-corrected chi connectivity index (χ2v) is 8.63. The highest BCUT2D eigenvalue weighted by Gasteiger charge is 2.29. The molecule has 2 heterocycles. The number of carboxylic acids is 2. The summed E-state index contributed by atoms with van der Waals surface area (Å²) >= 11 is 0. The Labute approximate surface area is 181 Å². The first-order valence-electron chi connectivity index (χ1n) is 10.9. The summed E-state index contributed by atoms with van der Waals surface area (Å²) in [5.41, 5.74) is 5.75. The van der Waals surface area contributed by atoms with Crippen LogP contribution >= 0.6 is 0 Å². The van der Waals surface area contributed by atoms with Gasteiger partial charge in [0.15, 0.2) is 12.2 Å². The summed E-state index contributed by atoms with van der Waals surface area (Å²) in [6.45, 7) is 3.32. The van der Waals surface area contributed by atoms with Gasteiger partial charge in [-0.2, -0.15) is 0 Å². The van der Waals surface area contributed by atoms with Crippen LogP contribution in [-0.2, 0) is 16.0 Å². The first-order valence-corrected chi connectivity index (χ1v) is 10.9. The second kappa shape index (κ2) is 10.3. The molecule has 3 unspecified atom stereocenters. The van der Waals surface area contributed by atoms with E-state index in [9.17, 15) is 9.59 Å². The summed E-state index contributed by atoms with van der Waals surface area (Å²) in [6, 6.07) is 7.37. The van der Waals surface area contributed by atoms with Gasteiger partial charge in [-0.25, -0.2) is 9.59 Å². The number of carbonyl (C=O) groups is 2. The number of H-pyrrole nitrogens is 1. The quantitative estimate of drug-likeness (QED) is 0.426. The van der Waals surface area contributed by atoms with Crippen LogP contribution in [0.5, 0.6) is 0 Å². The number of aliphatic carboxylic acids is 2. The van der Waals surface area contributed by atoms with E-state index in [1.807, 2.05) is 0 Å². The second-order valence-electron chi connectivity index (χ2n) is 8.63. The molecule has 4 rings (SSSR count). The largest absolute Gasteiger partial charge is 0.479 e. The maximum Gasteiger partial charge on any atom is 0.335 e. The minimum Gasteiger partial charge on any atom is -0.479 e. The average Bonchev–Trinajstić information content (AvgIpc) is 3.12. The predicted molar refractivity (Wildman–Crippen MR) is 116 cm³/mol. The van der Waals surface area contributed by atoms with Gasteiger partial charge in [0.2, 0.25) is 0 Å². The van der Waals surface area contributed by atoms with Crippen molar-refractivity contribution >= 4 is 22.8 Å². The van der Waals surface area contributed by atoms with Gasteiger partial charge in [-0.15, -0.1) is 0 Å². The maximum atomic E-state index is 9.77. The van der Waals surface area contributed by atoms with Crippen molar-refractivity contribution in [3.63, 3.8) is 0 Å². The molecule has 1 aliphatic carbocycles. The molecule has 0 saturated heterocycles. The molecular formula is C23H32N2O6. The molecule has 8 heteroatoms. The van der Waals surface area contributed by atoms with Crippen molar-refractivity contribution in [1.82, 2.24) is 10.3 Å². The molecule has 31 heavy (non-hydrogen) atoms. The molecule has 1 aromatic carbocycles. The summed E-state index contributed by atoms with van der Waals surface area (Å²) in [5.74, 6) is -2.61. The van der Waals surface area contributed by atoms with E-state index in [4.69, 9.17) is 20.4 Å². The highest BCUT2D eigenvalue weighted by atomic mass is 16.4. The fourth-order valence-electron chi connectivity index (χ4n) is 4.65. The molecule has 8 nitrogen and oxygen atoms in total. The first kappa shape index (κ1) is 23.2. The monoisotopic (exact) mass is 432 g/mol. The fraction of sp³-hybridized carbons (Fsp3) is 0.565. The molecule has 6 N–H and O–H groups in total. The van der Waals surface area contributed by atoms with Crippen molar-refractivity contribution in [2.45, 2.75) is 70.1 Å². The average molecular weight is 433 g/mol. The lowest BCUT2D eigenvalue weighted by molar-refractivity contribution is -0.165. The van der Waals surface area contributed by atoms with Crippen molar-refractivity contribution in [1.29, 1.82) is 0 Å². The molecule has 1 fully saturated rings. The Balaban J connectivity index is 0.000000233. The van der Waals surface area contributed by atoms with E-state index in [-0.39, 0.29) is 0 Å². The number of hydrogen-bond acceptors (Lipinski definition) is 5. The highest BCUT2D eigenvalue weighted by molar-refractivity contribution is 5.86. The van der Waals surface area contributed by atoms with Gasteiger partial charge in [-0.05, 0) is 49.9 Å². The van der Waals surface area contributed by atoms with Crippen LogP contribution in [0.3, 0.4) is 0 Å². The Kier molecular flexibility index (Phi) is 7.69. The minimum absolute atomic E-state index is 0.546. The van der Waals surface area contributed by atoms with Gasteiger partial charge in [0.05, 0.1) is 0 Å². The maximum absolute atomic E-state index is 9.77. The van der Waals surface area contributed by atoms with Gasteiger partial charge in [-0.1, -0.05) is 43.7 Å². The van der Waals surface area contributed by atoms with Crippen LogP contribution < -0.4 is 5.32 Å². The van der Waals surface area contributed by atoms with Crippen molar-refractivity contribution in [2.24, 2.45) is 5.92 Å². The topological polar surface area (TPSA) is 143 Å². The number of carboxylic acid groups (broad SMARTS) is 2. The number of hydrogen-bond donors (Lipinski definition) is 6. The lowest BCUT2D eigenvalue weighted by Crippen LogP contribution is -2.39. The van der Waals surface area contributed by atoms with Crippen LogP contribution in [0.4, 0.5) is 0 Å². The van der Waals surface area contributed by atoms with E-state index >= 15 is 0 Å². The molecule has 0 bridgehead atoms. The summed E-state index contributed by atoms with van der Waals surface area (Å²) in [7, 11) is 0. The summed E-state index contributed by atoms with van der Waals surface area (Å²) in [6.07, 6.45) is 5.16. The molecule has 0 spiro atoms. The Hall–Kier alpha value is -2.42. The third-order valence-electron chi connectivity index (χ3n) is 6.31. The van der Waals surface area contributed by atoms with Crippen LogP contribution in [0.25, 0.3) is 10.9 Å². The third kappa shape index (κ3) is 5.64. The van der Waals surface area contributed by atoms with Gasteiger partial charge >= 0.3 is 11.9 Å². The standard InChI is InChI=1S/C19H26N2.C4H6O6/c1-13-7-8-17-16(11-13)15-9-10-20-18(19(15)21-17)12-14-5-3-2-4-6-14;5-1(3(7)8)2(6)4(9)10/h7-8,11,14,18,20-21H,2-6,9-10,12H2,1H3;1-2,5-6H,(H,7,8)(H,9,10). The normalized spacial score (nSPS) is 20.9. The minimum atomic E-state index is -2.27. The third-order valence-corrected chi connectivity index (χ3v) is 6.31. The van der Waals surface area contributed by atoms with Crippen LogP contribution in [0, 0.1) is 12.8 Å². The van der Waals surface area contributed by atoms with Gasteiger partial charge < -0.3 is 30.7 Å². The molecule has 0 radical (unpaired) electrons. The number of aliphatic hydroxyl groups is 2. The molecule has 170 valence electrons. The van der Waals surface area contributed by atoms with Crippen LogP contribution in [-0.4, -0.2) is 56.1 Å². The lowest BCUT2D eigenvalue weighted by atomic mass is 9.83. The Bertz CT molecular complexity index is 900. The zero-order chi connectivity index (χ0) is 22.5. The molecule has 3 atom stereocenters. The number of aromatic nitrogens is 1. The Morgan fingerprint density at radius 3 is 2.32 bits per heavy atom. The van der Waals surface area contributed by atoms with E-state index in [1.165, 1.54) is 67.1 Å². The van der Waals surface area contributed by atoms with Crippen LogP contribution in [0.2, 0.25) is 0 Å². The van der Waals surface area contributed by atoms with Gasteiger partial charge in [0.25, 0.3) is 0 Å². The summed E-state index contributed by atoms with van der Waals surface area (Å²) in [5, 5.41) is 37.8. The molecule has 1 aliphatic heterocycles. The summed E-state index contributed by atoms with van der Waals surface area (Å²) in [4.78, 5) is 23.3. The van der Waals surface area contributed by atoms with Crippen molar-refractivity contribution in [3.8, 4) is 0 Å². The smallest absolute Gasteiger partial charge is 0.335 e. The Morgan fingerprint density at radius 1 is 1.06 bits per heavy atom. The highest BCUT2D eigenvalue weighted by Crippen LogP contribution is 2.36. The Morgan fingerprint density at radius 2 is 1.71 bits per heavy atom. The molecule has 1 aromatic heterocycles. The molecule has 2 aromatic rings. The van der Waals surface area contributed by atoms with E-state index in [0.717, 1.165) is 12.5 Å². The predicted octanol–water partition coefficient (Wildman–Crippen LogP) is 2.51. The molecular weight excluding hydrogens is 400 g/mol. The molecule has 2 aliphatic rings. The molecule has 1 saturated carbocycles. The number of benzene rings is 1. The van der Waals surface area contributed by atoms with Gasteiger partial charge in [0.1, 0.15) is 0 Å². The van der Waals surface area contributed by atoms with E-state index < -0.39 is 24.1 Å². The zero-order valence-electron chi connectivity index (χ0n) is 17.8. The van der Waals surface area contributed by atoms with Gasteiger partial charge in [-0.3, -0.25) is 0 Å². The van der Waals surface area contributed by atoms with Crippen molar-refractivity contribution in [3.05, 3.63) is 35.0 Å². The van der Waals surface area contributed by atoms with Gasteiger partial charge in [0, 0.05) is 22.6 Å². The number of aryl methyl sites for hydroxylation is 1. The SMILES string of the molecule is Cc1ccc2[nH]c3c(c2c1)CCNC3CC1CCCCC1.O=C(O)C(O)C(O)C(=O)O. The van der Waals surface area contributed by atoms with E-state index in [1.54, 1.807) is 5.56 Å². The number of nitrogens with one attached hydrogen (secondary N) is 2.